The molecule has 0 aliphatic carbocycles. The van der Waals surface area contributed by atoms with Crippen molar-refractivity contribution in [2.24, 2.45) is 5.92 Å². The summed E-state index contributed by atoms with van der Waals surface area (Å²) in [5.41, 5.74) is 0.999. The van der Waals surface area contributed by atoms with Gasteiger partial charge < -0.3 is 10.0 Å². The topological polar surface area (TPSA) is 53.4 Å². The van der Waals surface area contributed by atoms with E-state index in [-0.39, 0.29) is 5.38 Å². The van der Waals surface area contributed by atoms with Crippen LogP contribution in [0.2, 0.25) is 0 Å². The second-order valence-corrected chi connectivity index (χ2v) is 5.69. The second-order valence-electron chi connectivity index (χ2n) is 4.38. The summed E-state index contributed by atoms with van der Waals surface area (Å²) in [6.07, 6.45) is 0.831. The molecule has 1 aliphatic rings. The van der Waals surface area contributed by atoms with Crippen LogP contribution in [0.15, 0.2) is 6.07 Å². The second kappa shape index (κ2) is 5.23. The summed E-state index contributed by atoms with van der Waals surface area (Å²) in [5.74, 6) is 0.354. The molecule has 6 heteroatoms. The minimum absolute atomic E-state index is 0.0304. The van der Waals surface area contributed by atoms with Gasteiger partial charge in [-0.2, -0.15) is 4.37 Å². The van der Waals surface area contributed by atoms with Crippen molar-refractivity contribution in [3.8, 4) is 0 Å². The van der Waals surface area contributed by atoms with E-state index in [1.54, 1.807) is 0 Å². The number of aryl methyl sites for hydroxylation is 1. The standard InChI is InChI=1S/C11H15ClN2O2S/c1-7-6-9(17-13-7)10(12)8-2-4-14(5-3-8)11(15)16/h6,8,10H,2-5H2,1H3,(H,15,16). The van der Waals surface area contributed by atoms with Gasteiger partial charge in [-0.15, -0.1) is 11.6 Å². The van der Waals surface area contributed by atoms with Gasteiger partial charge in [0.1, 0.15) is 0 Å². The largest absolute Gasteiger partial charge is 0.465 e. The smallest absolute Gasteiger partial charge is 0.407 e. The molecule has 2 rings (SSSR count). The van der Waals surface area contributed by atoms with Crippen LogP contribution in [0.5, 0.6) is 0 Å². The summed E-state index contributed by atoms with van der Waals surface area (Å²) in [6.45, 7) is 3.12. The highest BCUT2D eigenvalue weighted by atomic mass is 35.5. The van der Waals surface area contributed by atoms with Gasteiger partial charge >= 0.3 is 6.09 Å². The Labute approximate surface area is 109 Å². The van der Waals surface area contributed by atoms with Crippen molar-refractivity contribution in [1.82, 2.24) is 9.27 Å². The van der Waals surface area contributed by atoms with E-state index in [0.29, 0.717) is 19.0 Å². The lowest BCUT2D eigenvalue weighted by atomic mass is 9.92. The molecule has 0 spiro atoms. The van der Waals surface area contributed by atoms with Crippen molar-refractivity contribution in [3.63, 3.8) is 0 Å². The summed E-state index contributed by atoms with van der Waals surface area (Å²) in [4.78, 5) is 13.3. The number of amides is 1. The Morgan fingerprint density at radius 2 is 2.29 bits per heavy atom. The van der Waals surface area contributed by atoms with Gasteiger partial charge in [0.25, 0.3) is 0 Å². The molecule has 0 aromatic carbocycles. The predicted molar refractivity (Wildman–Crippen MR) is 67.8 cm³/mol. The Hall–Kier alpha value is -0.810. The van der Waals surface area contributed by atoms with Crippen LogP contribution in [-0.4, -0.2) is 33.6 Å². The molecule has 0 bridgehead atoms. The van der Waals surface area contributed by atoms with Crippen LogP contribution in [0.3, 0.4) is 0 Å². The third kappa shape index (κ3) is 2.90. The molecule has 1 aliphatic heterocycles. The molecule has 1 aromatic heterocycles. The first-order valence-corrected chi connectivity index (χ1v) is 6.84. The summed E-state index contributed by atoms with van der Waals surface area (Å²) < 4.78 is 4.23. The van der Waals surface area contributed by atoms with Crippen LogP contribution in [0.25, 0.3) is 0 Å². The van der Waals surface area contributed by atoms with E-state index in [4.69, 9.17) is 16.7 Å². The molecular weight excluding hydrogens is 260 g/mol. The van der Waals surface area contributed by atoms with E-state index in [2.05, 4.69) is 4.37 Å². The molecule has 1 amide bonds. The van der Waals surface area contributed by atoms with Crippen molar-refractivity contribution < 1.29 is 9.90 Å². The minimum atomic E-state index is -0.830. The van der Waals surface area contributed by atoms with Crippen molar-refractivity contribution >= 4 is 29.2 Å². The number of nitrogens with zero attached hydrogens (tertiary/aromatic N) is 2. The van der Waals surface area contributed by atoms with Gasteiger partial charge in [-0.05, 0) is 43.3 Å². The van der Waals surface area contributed by atoms with Gasteiger partial charge in [0.2, 0.25) is 0 Å². The van der Waals surface area contributed by atoms with E-state index in [1.165, 1.54) is 16.4 Å². The van der Waals surface area contributed by atoms with Gasteiger partial charge in [0.15, 0.2) is 0 Å². The van der Waals surface area contributed by atoms with E-state index in [0.717, 1.165) is 23.4 Å². The number of rotatable bonds is 2. The molecule has 1 aromatic rings. The highest BCUT2D eigenvalue weighted by molar-refractivity contribution is 7.06. The zero-order valence-electron chi connectivity index (χ0n) is 9.60. The third-order valence-electron chi connectivity index (χ3n) is 3.14. The van der Waals surface area contributed by atoms with E-state index >= 15 is 0 Å². The maximum absolute atomic E-state index is 10.8. The van der Waals surface area contributed by atoms with Gasteiger partial charge in [-0.3, -0.25) is 0 Å². The molecule has 1 fully saturated rings. The van der Waals surface area contributed by atoms with E-state index in [9.17, 15) is 4.79 Å². The van der Waals surface area contributed by atoms with Crippen LogP contribution in [0.4, 0.5) is 4.79 Å². The first-order chi connectivity index (χ1) is 8.08. The maximum atomic E-state index is 10.8. The molecule has 1 atom stereocenters. The van der Waals surface area contributed by atoms with Crippen LogP contribution in [0.1, 0.15) is 28.8 Å². The van der Waals surface area contributed by atoms with E-state index in [1.807, 2.05) is 13.0 Å². The van der Waals surface area contributed by atoms with Crippen molar-refractivity contribution in [2.75, 3.05) is 13.1 Å². The van der Waals surface area contributed by atoms with Crippen molar-refractivity contribution in [1.29, 1.82) is 0 Å². The monoisotopic (exact) mass is 274 g/mol. The number of hydrogen-bond donors (Lipinski definition) is 1. The zero-order chi connectivity index (χ0) is 12.4. The van der Waals surface area contributed by atoms with Crippen LogP contribution in [-0.2, 0) is 0 Å². The normalized spacial score (nSPS) is 19.3. The molecule has 1 saturated heterocycles. The quantitative estimate of drug-likeness (QED) is 0.843. The maximum Gasteiger partial charge on any atom is 0.407 e. The fourth-order valence-electron chi connectivity index (χ4n) is 2.13. The van der Waals surface area contributed by atoms with Crippen LogP contribution >= 0.6 is 23.1 Å². The lowest BCUT2D eigenvalue weighted by Gasteiger charge is -2.31. The van der Waals surface area contributed by atoms with Crippen LogP contribution in [0, 0.1) is 12.8 Å². The lowest BCUT2D eigenvalue weighted by molar-refractivity contribution is 0.124. The molecule has 0 radical (unpaired) electrons. The van der Waals surface area contributed by atoms with Crippen molar-refractivity contribution in [3.05, 3.63) is 16.6 Å². The Kier molecular flexibility index (Phi) is 3.89. The van der Waals surface area contributed by atoms with Crippen molar-refractivity contribution in [2.45, 2.75) is 25.1 Å². The average Bonchev–Trinajstić information content (AvgIpc) is 2.75. The summed E-state index contributed by atoms with van der Waals surface area (Å²) in [6, 6.07) is 2.02. The van der Waals surface area contributed by atoms with Gasteiger partial charge in [-0.1, -0.05) is 0 Å². The molecule has 94 valence electrons. The third-order valence-corrected chi connectivity index (χ3v) is 4.82. The Bertz CT molecular complexity index is 402. The van der Waals surface area contributed by atoms with Crippen LogP contribution < -0.4 is 0 Å². The average molecular weight is 275 g/mol. The fraction of sp³-hybridized carbons (Fsp3) is 0.636. The number of hydrogen-bond acceptors (Lipinski definition) is 3. The summed E-state index contributed by atoms with van der Waals surface area (Å²) in [7, 11) is 0. The number of alkyl halides is 1. The Morgan fingerprint density at radius 1 is 1.65 bits per heavy atom. The zero-order valence-corrected chi connectivity index (χ0v) is 11.2. The number of likely N-dealkylation sites (tertiary alicyclic amines) is 1. The highest BCUT2D eigenvalue weighted by Gasteiger charge is 2.28. The predicted octanol–water partition coefficient (Wildman–Crippen LogP) is 3.12. The molecule has 1 N–H and O–H groups in total. The first kappa shape index (κ1) is 12.6. The minimum Gasteiger partial charge on any atom is -0.465 e. The first-order valence-electron chi connectivity index (χ1n) is 5.63. The highest BCUT2D eigenvalue weighted by Crippen LogP contribution is 2.37. The number of carbonyl (C=O) groups is 1. The molecule has 0 saturated carbocycles. The summed E-state index contributed by atoms with van der Waals surface area (Å²) >= 11 is 7.88. The number of carboxylic acid groups (broad SMARTS) is 1. The molecule has 2 heterocycles. The Morgan fingerprint density at radius 3 is 2.76 bits per heavy atom. The SMILES string of the molecule is Cc1cc(C(Cl)C2CCN(C(=O)O)CC2)sn1. The molecule has 4 nitrogen and oxygen atoms in total. The molecular formula is C11H15ClN2O2S. The van der Waals surface area contributed by atoms with Gasteiger partial charge in [-0.25, -0.2) is 4.79 Å². The number of halogens is 1. The number of aromatic nitrogens is 1. The fourth-order valence-corrected chi connectivity index (χ4v) is 3.38. The number of piperidine rings is 1. The van der Waals surface area contributed by atoms with E-state index < -0.39 is 6.09 Å². The molecule has 1 unspecified atom stereocenters. The van der Waals surface area contributed by atoms with Gasteiger partial charge in [0, 0.05) is 18.0 Å². The van der Waals surface area contributed by atoms with Gasteiger partial charge in [0.05, 0.1) is 11.1 Å². The molecule has 17 heavy (non-hydrogen) atoms. The lowest BCUT2D eigenvalue weighted by Crippen LogP contribution is -2.38. The Balaban J connectivity index is 1.94. The summed E-state index contributed by atoms with van der Waals surface area (Å²) in [5, 5.41) is 8.84.